The number of hydrogen-bond acceptors (Lipinski definition) is 3. The summed E-state index contributed by atoms with van der Waals surface area (Å²) in [5.41, 5.74) is 1.13. The highest BCUT2D eigenvalue weighted by Gasteiger charge is 2.27. The zero-order chi connectivity index (χ0) is 15.7. The van der Waals surface area contributed by atoms with Gasteiger partial charge in [0.2, 0.25) is 5.91 Å². The highest BCUT2D eigenvalue weighted by molar-refractivity contribution is 8.00. The Morgan fingerprint density at radius 3 is 2.48 bits per heavy atom. The van der Waals surface area contributed by atoms with Crippen LogP contribution in [0.25, 0.3) is 0 Å². The first kappa shape index (κ1) is 17.8. The first-order valence-corrected chi connectivity index (χ1v) is 7.65. The molecule has 0 atom stereocenters. The average Bonchev–Trinajstić information content (AvgIpc) is 2.44. The molecular weight excluding hydrogens is 301 g/mol. The Bertz CT molecular complexity index is 435. The summed E-state index contributed by atoms with van der Waals surface area (Å²) in [7, 11) is 0. The number of alkyl halides is 3. The van der Waals surface area contributed by atoms with Crippen LogP contribution in [-0.4, -0.2) is 30.9 Å². The Balaban J connectivity index is 2.30. The molecule has 3 nitrogen and oxygen atoms in total. The molecule has 0 aliphatic rings. The zero-order valence-electron chi connectivity index (χ0n) is 11.8. The number of carbonyl (C=O) groups is 1. The number of amides is 1. The van der Waals surface area contributed by atoms with Crippen molar-refractivity contribution in [3.63, 3.8) is 0 Å². The molecule has 1 rings (SSSR count). The molecule has 0 radical (unpaired) electrons. The summed E-state index contributed by atoms with van der Waals surface area (Å²) in [6, 6.07) is 7.62. The molecule has 0 bridgehead atoms. The molecule has 1 aromatic carbocycles. The van der Waals surface area contributed by atoms with Crippen LogP contribution < -0.4 is 10.6 Å². The van der Waals surface area contributed by atoms with Crippen molar-refractivity contribution in [1.29, 1.82) is 0 Å². The first-order chi connectivity index (χ1) is 9.90. The van der Waals surface area contributed by atoms with Gasteiger partial charge in [-0.1, -0.05) is 19.1 Å². The molecule has 0 saturated heterocycles. The molecule has 0 aromatic heterocycles. The van der Waals surface area contributed by atoms with Crippen molar-refractivity contribution < 1.29 is 18.0 Å². The number of carbonyl (C=O) groups excluding carboxylic acids is 1. The number of hydrogen-bond donors (Lipinski definition) is 2. The predicted octanol–water partition coefficient (Wildman–Crippen LogP) is 2.96. The molecule has 1 amide bonds. The van der Waals surface area contributed by atoms with Gasteiger partial charge in [-0.05, 0) is 30.7 Å². The minimum Gasteiger partial charge on any atom is -0.346 e. The van der Waals surface area contributed by atoms with E-state index in [1.165, 1.54) is 11.8 Å². The third kappa shape index (κ3) is 8.62. The Morgan fingerprint density at radius 1 is 1.24 bits per heavy atom. The Hall–Kier alpha value is -1.21. The lowest BCUT2D eigenvalue weighted by molar-refractivity contribution is -0.136. The molecule has 0 unspecified atom stereocenters. The van der Waals surface area contributed by atoms with Crippen LogP contribution in [0.15, 0.2) is 29.2 Å². The van der Waals surface area contributed by atoms with Gasteiger partial charge < -0.3 is 10.6 Å². The molecule has 7 heteroatoms. The SMILES string of the molecule is CCCNCc1ccc(SCC(=O)NCC(F)(F)F)cc1. The van der Waals surface area contributed by atoms with Crippen molar-refractivity contribution in [3.8, 4) is 0 Å². The second-order valence-electron chi connectivity index (χ2n) is 4.50. The van der Waals surface area contributed by atoms with Crippen molar-refractivity contribution in [3.05, 3.63) is 29.8 Å². The molecule has 2 N–H and O–H groups in total. The van der Waals surface area contributed by atoms with E-state index in [4.69, 9.17) is 0 Å². The summed E-state index contributed by atoms with van der Waals surface area (Å²) in [6.45, 7) is 2.55. The highest BCUT2D eigenvalue weighted by atomic mass is 32.2. The minimum absolute atomic E-state index is 0.0243. The minimum atomic E-state index is -4.37. The van der Waals surface area contributed by atoms with Crippen molar-refractivity contribution >= 4 is 17.7 Å². The van der Waals surface area contributed by atoms with Gasteiger partial charge in [-0.2, -0.15) is 13.2 Å². The van der Waals surface area contributed by atoms with Gasteiger partial charge in [0.15, 0.2) is 0 Å². The predicted molar refractivity (Wildman–Crippen MR) is 78.2 cm³/mol. The van der Waals surface area contributed by atoms with E-state index in [9.17, 15) is 18.0 Å². The standard InChI is InChI=1S/C14H19F3N2OS/c1-2-7-18-8-11-3-5-12(6-4-11)21-9-13(20)19-10-14(15,16)17/h3-6,18H,2,7-10H2,1H3,(H,19,20). The van der Waals surface area contributed by atoms with Crippen LogP contribution in [-0.2, 0) is 11.3 Å². The van der Waals surface area contributed by atoms with E-state index in [-0.39, 0.29) is 5.75 Å². The van der Waals surface area contributed by atoms with Crippen LogP contribution in [0.3, 0.4) is 0 Å². The van der Waals surface area contributed by atoms with Crippen LogP contribution in [0.1, 0.15) is 18.9 Å². The summed E-state index contributed by atoms with van der Waals surface area (Å²) in [4.78, 5) is 12.1. The van der Waals surface area contributed by atoms with E-state index >= 15 is 0 Å². The summed E-state index contributed by atoms with van der Waals surface area (Å²) >= 11 is 1.22. The molecule has 21 heavy (non-hydrogen) atoms. The number of halogens is 3. The third-order valence-electron chi connectivity index (χ3n) is 2.54. The van der Waals surface area contributed by atoms with Gasteiger partial charge in [0, 0.05) is 11.4 Å². The molecular formula is C14H19F3N2OS. The normalized spacial score (nSPS) is 11.4. The molecule has 0 aliphatic carbocycles. The van der Waals surface area contributed by atoms with Gasteiger partial charge in [-0.15, -0.1) is 11.8 Å². The van der Waals surface area contributed by atoms with E-state index in [1.54, 1.807) is 0 Å². The largest absolute Gasteiger partial charge is 0.405 e. The van der Waals surface area contributed by atoms with Crippen molar-refractivity contribution in [2.45, 2.75) is 31.0 Å². The second kappa shape index (κ2) is 8.94. The van der Waals surface area contributed by atoms with Crippen molar-refractivity contribution in [2.75, 3.05) is 18.8 Å². The fraction of sp³-hybridized carbons (Fsp3) is 0.500. The summed E-state index contributed by atoms with van der Waals surface area (Å²) in [5, 5.41) is 5.12. The Labute approximate surface area is 126 Å². The lowest BCUT2D eigenvalue weighted by Crippen LogP contribution is -2.34. The zero-order valence-corrected chi connectivity index (χ0v) is 12.6. The summed E-state index contributed by atoms with van der Waals surface area (Å²) in [5.74, 6) is -0.644. The van der Waals surface area contributed by atoms with Crippen LogP contribution >= 0.6 is 11.8 Å². The van der Waals surface area contributed by atoms with Crippen molar-refractivity contribution in [1.82, 2.24) is 10.6 Å². The monoisotopic (exact) mass is 320 g/mol. The quantitative estimate of drug-likeness (QED) is 0.571. The fourth-order valence-electron chi connectivity index (χ4n) is 1.51. The van der Waals surface area contributed by atoms with E-state index in [2.05, 4.69) is 12.2 Å². The van der Waals surface area contributed by atoms with Crippen molar-refractivity contribution in [2.24, 2.45) is 0 Å². The summed E-state index contributed by atoms with van der Waals surface area (Å²) in [6.07, 6.45) is -3.30. The van der Waals surface area contributed by atoms with Gasteiger partial charge in [0.25, 0.3) is 0 Å². The molecule has 0 saturated carbocycles. The van der Waals surface area contributed by atoms with Gasteiger partial charge in [-0.3, -0.25) is 4.79 Å². The molecule has 0 heterocycles. The maximum Gasteiger partial charge on any atom is 0.405 e. The van der Waals surface area contributed by atoms with Crippen LogP contribution in [0, 0.1) is 0 Å². The molecule has 1 aromatic rings. The Morgan fingerprint density at radius 2 is 1.90 bits per heavy atom. The highest BCUT2D eigenvalue weighted by Crippen LogP contribution is 2.18. The van der Waals surface area contributed by atoms with Crippen LogP contribution in [0.2, 0.25) is 0 Å². The van der Waals surface area contributed by atoms with E-state index in [1.807, 2.05) is 29.6 Å². The maximum absolute atomic E-state index is 11.9. The molecule has 118 valence electrons. The number of rotatable bonds is 8. The number of benzene rings is 1. The lowest BCUT2D eigenvalue weighted by Gasteiger charge is -2.08. The van der Waals surface area contributed by atoms with E-state index in [0.29, 0.717) is 0 Å². The molecule has 0 aliphatic heterocycles. The average molecular weight is 320 g/mol. The number of thioether (sulfide) groups is 1. The van der Waals surface area contributed by atoms with E-state index < -0.39 is 18.6 Å². The fourth-order valence-corrected chi connectivity index (χ4v) is 2.24. The first-order valence-electron chi connectivity index (χ1n) is 6.66. The van der Waals surface area contributed by atoms with Gasteiger partial charge in [-0.25, -0.2) is 0 Å². The summed E-state index contributed by atoms with van der Waals surface area (Å²) < 4.78 is 35.8. The van der Waals surface area contributed by atoms with Crippen LogP contribution in [0.5, 0.6) is 0 Å². The number of nitrogens with one attached hydrogen (secondary N) is 2. The van der Waals surface area contributed by atoms with Crippen LogP contribution in [0.4, 0.5) is 13.2 Å². The van der Waals surface area contributed by atoms with Gasteiger partial charge in [0.1, 0.15) is 6.54 Å². The lowest BCUT2D eigenvalue weighted by atomic mass is 10.2. The smallest absolute Gasteiger partial charge is 0.346 e. The van der Waals surface area contributed by atoms with Gasteiger partial charge >= 0.3 is 6.18 Å². The topological polar surface area (TPSA) is 41.1 Å². The molecule has 0 fully saturated rings. The maximum atomic E-state index is 11.9. The third-order valence-corrected chi connectivity index (χ3v) is 3.55. The van der Waals surface area contributed by atoms with E-state index in [0.717, 1.165) is 30.0 Å². The Kier molecular flexibility index (Phi) is 7.60. The van der Waals surface area contributed by atoms with Gasteiger partial charge in [0.05, 0.1) is 5.75 Å². The molecule has 0 spiro atoms. The second-order valence-corrected chi connectivity index (χ2v) is 5.55.